The molecule has 1 rings (SSSR count). The third-order valence-electron chi connectivity index (χ3n) is 5.27. The molecule has 2 N–H and O–H groups in total. The Morgan fingerprint density at radius 1 is 1.14 bits per heavy atom. The van der Waals surface area contributed by atoms with Crippen LogP contribution in [0.1, 0.15) is 66.9 Å². The lowest BCUT2D eigenvalue weighted by molar-refractivity contribution is 0.00163. The van der Waals surface area contributed by atoms with Gasteiger partial charge in [-0.15, -0.1) is 0 Å². The summed E-state index contributed by atoms with van der Waals surface area (Å²) in [6.07, 6.45) is 0.639. The number of aliphatic hydroxyl groups is 1. The van der Waals surface area contributed by atoms with E-state index in [1.165, 1.54) is 24.1 Å². The molecule has 0 aliphatic carbocycles. The number of thiol groups is 1. The number of hydrogen-bond acceptors (Lipinski definition) is 7. The molecule has 0 aromatic heterocycles. The van der Waals surface area contributed by atoms with Gasteiger partial charge in [0.1, 0.15) is 0 Å². The van der Waals surface area contributed by atoms with Gasteiger partial charge in [-0.2, -0.15) is 12.6 Å². The molecule has 0 spiro atoms. The summed E-state index contributed by atoms with van der Waals surface area (Å²) in [6.45, 7) is 11.6. The minimum absolute atomic E-state index is 0.00452. The van der Waals surface area contributed by atoms with E-state index in [9.17, 15) is 23.2 Å². The topological polar surface area (TPSA) is 97.3 Å². The van der Waals surface area contributed by atoms with Crippen LogP contribution in [0.15, 0.2) is 18.2 Å². The molecular formula is C24H41F2N2O6PS. The normalized spacial score (nSPS) is 15.3. The highest BCUT2D eigenvalue weighted by atomic mass is 32.1. The van der Waals surface area contributed by atoms with Crippen LogP contribution in [-0.4, -0.2) is 58.3 Å². The van der Waals surface area contributed by atoms with Crippen molar-refractivity contribution in [1.82, 2.24) is 10.2 Å². The Bertz CT molecular complexity index is 905. The predicted octanol–water partition coefficient (Wildman–Crippen LogP) is 5.69. The van der Waals surface area contributed by atoms with Crippen LogP contribution < -0.4 is 5.32 Å². The lowest BCUT2D eigenvalue weighted by atomic mass is 9.90. The van der Waals surface area contributed by atoms with Gasteiger partial charge < -0.3 is 15.3 Å². The molecule has 208 valence electrons. The van der Waals surface area contributed by atoms with Crippen molar-refractivity contribution in [3.63, 3.8) is 0 Å². The fourth-order valence-electron chi connectivity index (χ4n) is 3.31. The van der Waals surface area contributed by atoms with Crippen LogP contribution in [0.25, 0.3) is 0 Å². The van der Waals surface area contributed by atoms with E-state index in [-0.39, 0.29) is 25.3 Å². The average molecular weight is 555 g/mol. The third-order valence-corrected chi connectivity index (χ3v) is 8.03. The summed E-state index contributed by atoms with van der Waals surface area (Å²) >= 11 is 4.46. The zero-order valence-electron chi connectivity index (χ0n) is 22.4. The molecule has 0 aliphatic rings. The molecule has 8 nitrogen and oxygen atoms in total. The standard InChI is InChI=1S/C24H41F2N2O6PS/c1-22(2,3)33-35(31,34-23(4,5)6)32-14-10-13-24(7,19(36)16-29)28(8)21(30)27-15-17-11-9-12-18(25)20(17)26/h9,11-12,19,29,36H,10,13-16H2,1-8H3,(H,27,30)/t19?,24-/m1/s1. The number of benzene rings is 1. The summed E-state index contributed by atoms with van der Waals surface area (Å²) in [6, 6.07) is 3.17. The molecule has 2 atom stereocenters. The first kappa shape index (κ1) is 32.8. The molecule has 0 fully saturated rings. The van der Waals surface area contributed by atoms with E-state index in [1.807, 2.05) is 0 Å². The van der Waals surface area contributed by atoms with E-state index in [2.05, 4.69) is 17.9 Å². The van der Waals surface area contributed by atoms with E-state index in [1.54, 1.807) is 48.5 Å². The zero-order chi connectivity index (χ0) is 27.9. The largest absolute Gasteiger partial charge is 0.475 e. The first-order chi connectivity index (χ1) is 16.3. The van der Waals surface area contributed by atoms with Crippen LogP contribution >= 0.6 is 20.5 Å². The molecule has 2 amide bonds. The van der Waals surface area contributed by atoms with E-state index in [0.29, 0.717) is 12.8 Å². The van der Waals surface area contributed by atoms with E-state index >= 15 is 0 Å². The summed E-state index contributed by atoms with van der Waals surface area (Å²) in [7, 11) is -2.38. The average Bonchev–Trinajstić information content (AvgIpc) is 2.73. The van der Waals surface area contributed by atoms with Crippen molar-refractivity contribution in [3.05, 3.63) is 35.4 Å². The number of phosphoric ester groups is 1. The van der Waals surface area contributed by atoms with Crippen molar-refractivity contribution in [2.75, 3.05) is 20.3 Å². The summed E-state index contributed by atoms with van der Waals surface area (Å²) in [5, 5.41) is 11.7. The number of aliphatic hydroxyl groups excluding tert-OH is 1. The molecule has 1 unspecified atom stereocenters. The number of nitrogens with zero attached hydrogens (tertiary/aromatic N) is 1. The van der Waals surface area contributed by atoms with E-state index in [0.717, 1.165) is 6.07 Å². The molecule has 0 heterocycles. The minimum atomic E-state index is -3.90. The molecule has 1 aromatic carbocycles. The second kappa shape index (κ2) is 13.0. The van der Waals surface area contributed by atoms with E-state index in [4.69, 9.17) is 13.6 Å². The van der Waals surface area contributed by atoms with Crippen molar-refractivity contribution in [2.24, 2.45) is 0 Å². The Hall–Kier alpha value is -1.23. The number of hydrogen-bond donors (Lipinski definition) is 3. The highest BCUT2D eigenvalue weighted by molar-refractivity contribution is 7.81. The molecule has 36 heavy (non-hydrogen) atoms. The number of phosphoric acid groups is 1. The Morgan fingerprint density at radius 3 is 2.19 bits per heavy atom. The van der Waals surface area contributed by atoms with Crippen LogP contribution in [0.5, 0.6) is 0 Å². The SMILES string of the molecule is CN(C(=O)NCc1cccc(F)c1F)[C@](C)(CCCOP(=O)(OC(C)(C)C)OC(C)(C)C)C(S)CO. The van der Waals surface area contributed by atoms with Crippen molar-refractivity contribution in [1.29, 1.82) is 0 Å². The molecule has 0 saturated heterocycles. The van der Waals surface area contributed by atoms with Gasteiger partial charge >= 0.3 is 13.9 Å². The number of rotatable bonds is 12. The van der Waals surface area contributed by atoms with Crippen LogP contribution in [-0.2, 0) is 24.7 Å². The van der Waals surface area contributed by atoms with Crippen molar-refractivity contribution >= 4 is 26.5 Å². The van der Waals surface area contributed by atoms with Gasteiger partial charge in [0.25, 0.3) is 0 Å². The van der Waals surface area contributed by atoms with Gasteiger partial charge in [0.15, 0.2) is 11.6 Å². The van der Waals surface area contributed by atoms with Gasteiger partial charge in [-0.3, -0.25) is 13.6 Å². The van der Waals surface area contributed by atoms with Crippen LogP contribution in [0.3, 0.4) is 0 Å². The predicted molar refractivity (Wildman–Crippen MR) is 139 cm³/mol. The van der Waals surface area contributed by atoms with Gasteiger partial charge in [0.2, 0.25) is 0 Å². The monoisotopic (exact) mass is 554 g/mol. The Labute approximate surface area is 219 Å². The van der Waals surface area contributed by atoms with E-state index < -0.39 is 47.5 Å². The lowest BCUT2D eigenvalue weighted by Crippen LogP contribution is -2.57. The maximum absolute atomic E-state index is 13.9. The molecule has 12 heteroatoms. The smallest absolute Gasteiger partial charge is 0.395 e. The third kappa shape index (κ3) is 10.3. The van der Waals surface area contributed by atoms with Crippen LogP contribution in [0.2, 0.25) is 0 Å². The van der Waals surface area contributed by atoms with Gasteiger partial charge in [0.05, 0.1) is 30.0 Å². The molecule has 0 radical (unpaired) electrons. The molecule has 1 aromatic rings. The Kier molecular flexibility index (Phi) is 11.9. The van der Waals surface area contributed by atoms with Gasteiger partial charge in [-0.05, 0) is 67.4 Å². The molecule has 0 bridgehead atoms. The first-order valence-corrected chi connectivity index (χ1v) is 13.7. The van der Waals surface area contributed by atoms with Crippen molar-refractivity contribution < 1.29 is 36.8 Å². The molecule has 0 saturated carbocycles. The number of amides is 2. The maximum Gasteiger partial charge on any atom is 0.475 e. The highest BCUT2D eigenvalue weighted by Gasteiger charge is 2.40. The lowest BCUT2D eigenvalue weighted by Gasteiger charge is -2.42. The zero-order valence-corrected chi connectivity index (χ0v) is 24.2. The Morgan fingerprint density at radius 2 is 1.69 bits per heavy atom. The number of urea groups is 1. The fourth-order valence-corrected chi connectivity index (χ4v) is 5.45. The Balaban J connectivity index is 2.88. The molecule has 0 aliphatic heterocycles. The van der Waals surface area contributed by atoms with Gasteiger partial charge in [-0.1, -0.05) is 12.1 Å². The number of carbonyl (C=O) groups excluding carboxylic acids is 1. The summed E-state index contributed by atoms with van der Waals surface area (Å²) in [5.41, 5.74) is -2.51. The van der Waals surface area contributed by atoms with Gasteiger partial charge in [0, 0.05) is 24.4 Å². The number of nitrogens with one attached hydrogen (secondary N) is 1. The van der Waals surface area contributed by atoms with Crippen LogP contribution in [0, 0.1) is 11.6 Å². The van der Waals surface area contributed by atoms with Crippen molar-refractivity contribution in [2.45, 2.75) is 89.8 Å². The molecular weight excluding hydrogens is 513 g/mol. The van der Waals surface area contributed by atoms with Gasteiger partial charge in [-0.25, -0.2) is 18.1 Å². The quantitative estimate of drug-likeness (QED) is 0.175. The number of carbonyl (C=O) groups is 1. The highest BCUT2D eigenvalue weighted by Crippen LogP contribution is 2.55. The minimum Gasteiger partial charge on any atom is -0.395 e. The second-order valence-electron chi connectivity index (χ2n) is 10.8. The van der Waals surface area contributed by atoms with Crippen LogP contribution in [0.4, 0.5) is 13.6 Å². The summed E-state index contributed by atoms with van der Waals surface area (Å²) in [4.78, 5) is 14.2. The van der Waals surface area contributed by atoms with Crippen molar-refractivity contribution in [3.8, 4) is 0 Å². The second-order valence-corrected chi connectivity index (χ2v) is 12.9. The first-order valence-electron chi connectivity index (χ1n) is 11.7. The maximum atomic E-state index is 13.9. The summed E-state index contributed by atoms with van der Waals surface area (Å²) in [5.74, 6) is -2.03. The number of halogens is 2. The summed E-state index contributed by atoms with van der Waals surface area (Å²) < 4.78 is 57.4. The fraction of sp³-hybridized carbons (Fsp3) is 0.708.